The van der Waals surface area contributed by atoms with Crippen molar-refractivity contribution >= 4 is 28.8 Å². The number of benzene rings is 2. The molecular weight excluding hydrogens is 458 g/mol. The Bertz CT molecular complexity index is 1400. The fourth-order valence-electron chi connectivity index (χ4n) is 5.25. The third-order valence-electron chi connectivity index (χ3n) is 6.75. The fraction of sp³-hybridized carbons (Fsp3) is 0.286. The van der Waals surface area contributed by atoms with Gasteiger partial charge in [-0.3, -0.25) is 24.6 Å². The summed E-state index contributed by atoms with van der Waals surface area (Å²) in [6.45, 7) is 5.80. The molecule has 1 N–H and O–H groups in total. The van der Waals surface area contributed by atoms with Gasteiger partial charge in [0.25, 0.3) is 5.69 Å². The topological polar surface area (TPSA) is 106 Å². The van der Waals surface area contributed by atoms with E-state index < -0.39 is 16.9 Å². The monoisotopic (exact) mass is 485 g/mol. The predicted octanol–water partition coefficient (Wildman–Crippen LogP) is 6.26. The van der Waals surface area contributed by atoms with Gasteiger partial charge in [0.05, 0.1) is 27.8 Å². The van der Waals surface area contributed by atoms with Crippen LogP contribution in [0.15, 0.2) is 76.9 Å². The minimum absolute atomic E-state index is 0.000325. The third-order valence-corrected chi connectivity index (χ3v) is 6.75. The molecule has 1 amide bonds. The molecule has 2 unspecified atom stereocenters. The van der Waals surface area contributed by atoms with Gasteiger partial charge < -0.3 is 9.73 Å². The number of nitro groups is 1. The zero-order chi connectivity index (χ0) is 25.6. The van der Waals surface area contributed by atoms with E-state index in [2.05, 4.69) is 11.4 Å². The van der Waals surface area contributed by atoms with Gasteiger partial charge in [-0.05, 0) is 35.7 Å². The van der Waals surface area contributed by atoms with Crippen molar-refractivity contribution in [3.8, 4) is 11.3 Å². The van der Waals surface area contributed by atoms with Gasteiger partial charge in [0.2, 0.25) is 5.91 Å². The van der Waals surface area contributed by atoms with Crippen LogP contribution in [-0.2, 0) is 9.59 Å². The summed E-state index contributed by atoms with van der Waals surface area (Å²) in [5.74, 6) is -0.129. The van der Waals surface area contributed by atoms with Crippen molar-refractivity contribution in [1.29, 1.82) is 0 Å². The fourth-order valence-corrected chi connectivity index (χ4v) is 5.25. The molecule has 2 aliphatic rings. The summed E-state index contributed by atoms with van der Waals surface area (Å²) in [6, 6.07) is 16.4. The normalized spacial score (nSPS) is 20.5. The molecule has 8 heteroatoms. The lowest BCUT2D eigenvalue weighted by atomic mass is 9.73. The zero-order valence-electron chi connectivity index (χ0n) is 20.4. The van der Waals surface area contributed by atoms with Crippen LogP contribution in [-0.4, -0.2) is 16.6 Å². The van der Waals surface area contributed by atoms with Crippen LogP contribution < -0.4 is 10.2 Å². The van der Waals surface area contributed by atoms with Crippen molar-refractivity contribution in [2.45, 2.75) is 39.7 Å². The molecule has 0 bridgehead atoms. The highest BCUT2D eigenvalue weighted by Gasteiger charge is 2.47. The molecule has 0 spiro atoms. The number of furan rings is 1. The number of para-hydroxylation sites is 3. The largest absolute Gasteiger partial charge is 0.459 e. The summed E-state index contributed by atoms with van der Waals surface area (Å²) >= 11 is 0. The van der Waals surface area contributed by atoms with Gasteiger partial charge in [-0.15, -0.1) is 0 Å². The molecule has 0 saturated heterocycles. The maximum Gasteiger partial charge on any atom is 0.280 e. The van der Waals surface area contributed by atoms with E-state index in [0.29, 0.717) is 29.2 Å². The third kappa shape index (κ3) is 3.98. The van der Waals surface area contributed by atoms with E-state index >= 15 is 0 Å². The number of nitro benzene ring substituents is 1. The number of Topliss-reactive ketones (excluding diaryl/α,β-unsaturated/α-hetero) is 1. The van der Waals surface area contributed by atoms with Crippen LogP contribution in [0, 0.1) is 21.4 Å². The smallest absolute Gasteiger partial charge is 0.280 e. The summed E-state index contributed by atoms with van der Waals surface area (Å²) in [4.78, 5) is 39.9. The Kier molecular flexibility index (Phi) is 5.74. The highest BCUT2D eigenvalue weighted by molar-refractivity contribution is 6.01. The molecule has 0 saturated carbocycles. The Morgan fingerprint density at radius 1 is 1.14 bits per heavy atom. The van der Waals surface area contributed by atoms with E-state index in [4.69, 9.17) is 4.42 Å². The van der Waals surface area contributed by atoms with Crippen LogP contribution in [0.4, 0.5) is 17.1 Å². The Morgan fingerprint density at radius 2 is 1.86 bits per heavy atom. The summed E-state index contributed by atoms with van der Waals surface area (Å²) < 4.78 is 6.24. The number of hydrogen-bond acceptors (Lipinski definition) is 6. The number of nitrogens with zero attached hydrogens (tertiary/aromatic N) is 2. The molecule has 3 aromatic rings. The predicted molar refractivity (Wildman–Crippen MR) is 136 cm³/mol. The van der Waals surface area contributed by atoms with Crippen molar-refractivity contribution in [2.75, 3.05) is 10.2 Å². The van der Waals surface area contributed by atoms with E-state index in [1.807, 2.05) is 38.1 Å². The van der Waals surface area contributed by atoms with Crippen LogP contribution in [0.5, 0.6) is 0 Å². The molecular formula is C28H27N3O5. The Morgan fingerprint density at radius 3 is 2.61 bits per heavy atom. The second-order valence-electron chi connectivity index (χ2n) is 9.89. The van der Waals surface area contributed by atoms with Crippen molar-refractivity contribution < 1.29 is 18.9 Å². The SMILES string of the molecule is CCC(=O)N1c2ccccc2NC2=CC(C)(C)CC(=O)C2C1c1ccc(-c2ccccc2[N+](=O)[O-])o1. The summed E-state index contributed by atoms with van der Waals surface area (Å²) in [7, 11) is 0. The molecule has 36 heavy (non-hydrogen) atoms. The van der Waals surface area contributed by atoms with Crippen LogP contribution in [0.2, 0.25) is 0 Å². The summed E-state index contributed by atoms with van der Waals surface area (Å²) in [5.41, 5.74) is 2.01. The van der Waals surface area contributed by atoms with Crippen molar-refractivity contribution in [1.82, 2.24) is 0 Å². The zero-order valence-corrected chi connectivity index (χ0v) is 20.4. The van der Waals surface area contributed by atoms with Crippen LogP contribution in [0.3, 0.4) is 0 Å². The molecule has 2 aromatic carbocycles. The first-order valence-corrected chi connectivity index (χ1v) is 12.0. The lowest BCUT2D eigenvalue weighted by Crippen LogP contribution is -2.43. The molecule has 8 nitrogen and oxygen atoms in total. The number of allylic oxidation sites excluding steroid dienone is 1. The first kappa shape index (κ1) is 23.5. The minimum Gasteiger partial charge on any atom is -0.459 e. The number of carbonyl (C=O) groups is 2. The number of fused-ring (bicyclic) bond motifs is 2. The molecule has 2 atom stereocenters. The number of nitrogens with one attached hydrogen (secondary N) is 1. The number of amides is 1. The average Bonchev–Trinajstić information content (AvgIpc) is 3.27. The first-order chi connectivity index (χ1) is 17.2. The standard InChI is InChI=1S/C28H27N3O5/c1-4-25(33)30-21-12-8-6-10-18(21)29-19-15-28(2,3)16-22(32)26(19)27(30)24-14-13-23(36-24)17-9-5-7-11-20(17)31(34)35/h5-15,26-27,29H,4,16H2,1-3H3. The van der Waals surface area contributed by atoms with Gasteiger partial charge in [0.15, 0.2) is 0 Å². The highest BCUT2D eigenvalue weighted by atomic mass is 16.6. The van der Waals surface area contributed by atoms with E-state index in [-0.39, 0.29) is 29.2 Å². The van der Waals surface area contributed by atoms with Crippen LogP contribution >= 0.6 is 0 Å². The maximum absolute atomic E-state index is 13.7. The van der Waals surface area contributed by atoms with E-state index in [1.54, 1.807) is 42.2 Å². The maximum atomic E-state index is 13.7. The lowest BCUT2D eigenvalue weighted by Gasteiger charge is -2.37. The number of ketones is 1. The van der Waals surface area contributed by atoms with Gasteiger partial charge in [-0.25, -0.2) is 0 Å². The van der Waals surface area contributed by atoms with Gasteiger partial charge in [0, 0.05) is 24.6 Å². The number of carbonyl (C=O) groups excluding carboxylic acids is 2. The number of anilines is 2. The van der Waals surface area contributed by atoms with E-state index in [9.17, 15) is 19.7 Å². The van der Waals surface area contributed by atoms with Gasteiger partial charge >= 0.3 is 0 Å². The molecule has 1 aliphatic heterocycles. The molecule has 0 fully saturated rings. The van der Waals surface area contributed by atoms with Crippen LogP contribution in [0.25, 0.3) is 11.3 Å². The van der Waals surface area contributed by atoms with E-state index in [0.717, 1.165) is 11.4 Å². The second kappa shape index (κ2) is 8.78. The molecule has 2 heterocycles. The summed E-state index contributed by atoms with van der Waals surface area (Å²) in [5, 5.41) is 15.0. The number of rotatable bonds is 4. The van der Waals surface area contributed by atoms with E-state index in [1.165, 1.54) is 6.07 Å². The van der Waals surface area contributed by atoms with Crippen molar-refractivity contribution in [3.63, 3.8) is 0 Å². The quantitative estimate of drug-likeness (QED) is 0.345. The van der Waals surface area contributed by atoms with Gasteiger partial charge in [0.1, 0.15) is 23.3 Å². The number of hydrogen-bond donors (Lipinski definition) is 1. The minimum atomic E-state index is -0.750. The van der Waals surface area contributed by atoms with Gasteiger partial charge in [-0.2, -0.15) is 0 Å². The Hall–Kier alpha value is -4.20. The molecule has 1 aromatic heterocycles. The molecule has 5 rings (SSSR count). The Balaban J connectivity index is 1.72. The van der Waals surface area contributed by atoms with Crippen molar-refractivity contribution in [2.24, 2.45) is 11.3 Å². The molecule has 184 valence electrons. The van der Waals surface area contributed by atoms with Gasteiger partial charge in [-0.1, -0.05) is 51.1 Å². The highest BCUT2D eigenvalue weighted by Crippen LogP contribution is 2.49. The molecule has 0 radical (unpaired) electrons. The summed E-state index contributed by atoms with van der Waals surface area (Å²) in [6.07, 6.45) is 2.62. The first-order valence-electron chi connectivity index (χ1n) is 12.0. The average molecular weight is 486 g/mol. The molecule has 1 aliphatic carbocycles. The Labute approximate surface area is 208 Å². The lowest BCUT2D eigenvalue weighted by molar-refractivity contribution is -0.384. The second-order valence-corrected chi connectivity index (χ2v) is 9.89. The van der Waals surface area contributed by atoms with Crippen LogP contribution in [0.1, 0.15) is 45.4 Å². The van der Waals surface area contributed by atoms with Crippen molar-refractivity contribution in [3.05, 3.63) is 88.3 Å².